The fourth-order valence-electron chi connectivity index (χ4n) is 1.52. The fraction of sp³-hybridized carbons (Fsp3) is 0.455. The minimum atomic E-state index is -4.51. The van der Waals surface area contributed by atoms with E-state index < -0.39 is 23.5 Å². The number of alkyl halides is 3. The maximum Gasteiger partial charge on any atom is 0.418 e. The van der Waals surface area contributed by atoms with E-state index in [-0.39, 0.29) is 11.6 Å². The summed E-state index contributed by atoms with van der Waals surface area (Å²) in [4.78, 5) is 0. The van der Waals surface area contributed by atoms with Crippen LogP contribution in [0.25, 0.3) is 0 Å². The number of nitrogens with two attached hydrogens (primary N) is 1. The number of nitrogen functional groups attached to an aromatic ring is 1. The Morgan fingerprint density at radius 1 is 1.35 bits per heavy atom. The normalized spacial score (nSPS) is 15.6. The van der Waals surface area contributed by atoms with Crippen LogP contribution in [0.4, 0.5) is 18.9 Å². The average molecular weight is 248 g/mol. The van der Waals surface area contributed by atoms with Gasteiger partial charge in [-0.25, -0.2) is 0 Å². The molecule has 0 amide bonds. The van der Waals surface area contributed by atoms with E-state index in [9.17, 15) is 18.3 Å². The monoisotopic (exact) mass is 248 g/mol. The third-order valence-electron chi connectivity index (χ3n) is 2.69. The van der Waals surface area contributed by atoms with Crippen molar-refractivity contribution >= 4 is 5.69 Å². The number of halogens is 3. The van der Waals surface area contributed by atoms with Crippen molar-refractivity contribution in [1.82, 2.24) is 5.32 Å². The van der Waals surface area contributed by atoms with Crippen molar-refractivity contribution in [2.24, 2.45) is 0 Å². The second kappa shape index (κ2) is 4.93. The molecule has 0 saturated heterocycles. The molecule has 1 aromatic rings. The molecule has 1 rings (SSSR count). The molecule has 96 valence electrons. The standard InChI is InChI=1S/C11H15F3N2O/c1-6(16-2)10(17)7-4-3-5-8(9(7)15)11(12,13)14/h3-6,10,16-17H,15H2,1-2H3. The lowest BCUT2D eigenvalue weighted by Gasteiger charge is -2.22. The molecule has 17 heavy (non-hydrogen) atoms. The second-order valence-corrected chi connectivity index (χ2v) is 3.83. The summed E-state index contributed by atoms with van der Waals surface area (Å²) in [5.41, 5.74) is 4.20. The smallest absolute Gasteiger partial charge is 0.398 e. The van der Waals surface area contributed by atoms with Gasteiger partial charge in [0.15, 0.2) is 0 Å². The van der Waals surface area contributed by atoms with Crippen LogP contribution in [0.15, 0.2) is 18.2 Å². The Kier molecular flexibility index (Phi) is 4.00. The highest BCUT2D eigenvalue weighted by atomic mass is 19.4. The second-order valence-electron chi connectivity index (χ2n) is 3.83. The summed E-state index contributed by atoms with van der Waals surface area (Å²) < 4.78 is 37.8. The number of aliphatic hydroxyl groups is 1. The van der Waals surface area contributed by atoms with Gasteiger partial charge in [-0.3, -0.25) is 0 Å². The van der Waals surface area contributed by atoms with E-state index in [1.807, 2.05) is 0 Å². The first-order chi connectivity index (χ1) is 7.79. The fourth-order valence-corrected chi connectivity index (χ4v) is 1.52. The van der Waals surface area contributed by atoms with E-state index in [1.54, 1.807) is 14.0 Å². The molecule has 1 aromatic carbocycles. The Hall–Kier alpha value is -1.27. The zero-order chi connectivity index (χ0) is 13.2. The molecule has 0 bridgehead atoms. The molecule has 6 heteroatoms. The summed E-state index contributed by atoms with van der Waals surface area (Å²) in [6.07, 6.45) is -5.59. The molecule has 3 nitrogen and oxygen atoms in total. The highest BCUT2D eigenvalue weighted by Gasteiger charge is 2.34. The van der Waals surface area contributed by atoms with E-state index in [2.05, 4.69) is 5.32 Å². The SMILES string of the molecule is CNC(C)C(O)c1cccc(C(F)(F)F)c1N. The predicted molar refractivity (Wildman–Crippen MR) is 59.3 cm³/mol. The molecular weight excluding hydrogens is 233 g/mol. The van der Waals surface area contributed by atoms with Crippen molar-refractivity contribution in [3.8, 4) is 0 Å². The van der Waals surface area contributed by atoms with Gasteiger partial charge < -0.3 is 16.2 Å². The maximum atomic E-state index is 12.6. The lowest BCUT2D eigenvalue weighted by atomic mass is 9.98. The zero-order valence-corrected chi connectivity index (χ0v) is 9.55. The van der Waals surface area contributed by atoms with Crippen LogP contribution in [0.5, 0.6) is 0 Å². The summed E-state index contributed by atoms with van der Waals surface area (Å²) in [5.74, 6) is 0. The van der Waals surface area contributed by atoms with Gasteiger partial charge in [-0.1, -0.05) is 12.1 Å². The van der Waals surface area contributed by atoms with E-state index >= 15 is 0 Å². The molecule has 2 unspecified atom stereocenters. The number of benzene rings is 1. The highest BCUT2D eigenvalue weighted by Crippen LogP contribution is 2.37. The first-order valence-corrected chi connectivity index (χ1v) is 5.10. The topological polar surface area (TPSA) is 58.3 Å². The van der Waals surface area contributed by atoms with Crippen molar-refractivity contribution in [2.75, 3.05) is 12.8 Å². The Morgan fingerprint density at radius 2 is 1.94 bits per heavy atom. The number of para-hydroxylation sites is 1. The van der Waals surface area contributed by atoms with Gasteiger partial charge in [-0.05, 0) is 20.0 Å². The van der Waals surface area contributed by atoms with Gasteiger partial charge in [0, 0.05) is 17.3 Å². The minimum absolute atomic E-state index is 0.0849. The van der Waals surface area contributed by atoms with Crippen molar-refractivity contribution < 1.29 is 18.3 Å². The van der Waals surface area contributed by atoms with Gasteiger partial charge in [0.2, 0.25) is 0 Å². The summed E-state index contributed by atoms with van der Waals surface area (Å²) >= 11 is 0. The number of anilines is 1. The number of hydrogen-bond acceptors (Lipinski definition) is 3. The summed E-state index contributed by atoms with van der Waals surface area (Å²) in [5, 5.41) is 12.6. The first-order valence-electron chi connectivity index (χ1n) is 5.10. The molecule has 0 fully saturated rings. The molecule has 4 N–H and O–H groups in total. The van der Waals surface area contributed by atoms with Crippen molar-refractivity contribution in [2.45, 2.75) is 25.2 Å². The van der Waals surface area contributed by atoms with Gasteiger partial charge >= 0.3 is 6.18 Å². The summed E-state index contributed by atoms with van der Waals surface area (Å²) in [6, 6.07) is 3.14. The van der Waals surface area contributed by atoms with Crippen LogP contribution >= 0.6 is 0 Å². The third kappa shape index (κ3) is 2.89. The number of nitrogens with one attached hydrogen (secondary N) is 1. The van der Waals surface area contributed by atoms with E-state index in [0.717, 1.165) is 6.07 Å². The lowest BCUT2D eigenvalue weighted by molar-refractivity contribution is -0.137. The van der Waals surface area contributed by atoms with Crippen LogP contribution in [0.3, 0.4) is 0 Å². The molecule has 2 atom stereocenters. The van der Waals surface area contributed by atoms with E-state index in [4.69, 9.17) is 5.73 Å². The first kappa shape index (κ1) is 13.8. The lowest BCUT2D eigenvalue weighted by Crippen LogP contribution is -2.29. The predicted octanol–water partition coefficient (Wildman–Crippen LogP) is 1.93. The molecular formula is C11H15F3N2O. The van der Waals surface area contributed by atoms with Crippen LogP contribution in [0.1, 0.15) is 24.2 Å². The van der Waals surface area contributed by atoms with Crippen LogP contribution in [0.2, 0.25) is 0 Å². The highest BCUT2D eigenvalue weighted by molar-refractivity contribution is 5.56. The Bertz CT molecular complexity index is 393. The largest absolute Gasteiger partial charge is 0.418 e. The molecule has 0 spiro atoms. The van der Waals surface area contributed by atoms with Crippen LogP contribution < -0.4 is 11.1 Å². The Labute approximate surface area is 97.4 Å². The Balaban J connectivity index is 3.19. The number of hydrogen-bond donors (Lipinski definition) is 3. The summed E-state index contributed by atoms with van der Waals surface area (Å²) in [6.45, 7) is 1.66. The van der Waals surface area contributed by atoms with Gasteiger partial charge in [-0.15, -0.1) is 0 Å². The van der Waals surface area contributed by atoms with Gasteiger partial charge in [-0.2, -0.15) is 13.2 Å². The van der Waals surface area contributed by atoms with Gasteiger partial charge in [0.05, 0.1) is 11.7 Å². The number of aliphatic hydroxyl groups excluding tert-OH is 1. The van der Waals surface area contributed by atoms with Crippen molar-refractivity contribution in [3.63, 3.8) is 0 Å². The molecule has 0 aliphatic rings. The van der Waals surface area contributed by atoms with Crippen LogP contribution in [0, 0.1) is 0 Å². The van der Waals surface area contributed by atoms with Gasteiger partial charge in [0.1, 0.15) is 0 Å². The molecule has 0 radical (unpaired) electrons. The molecule has 0 saturated carbocycles. The minimum Gasteiger partial charge on any atom is -0.398 e. The molecule has 0 heterocycles. The average Bonchev–Trinajstić information content (AvgIpc) is 2.25. The maximum absolute atomic E-state index is 12.6. The number of rotatable bonds is 3. The molecule has 0 aromatic heterocycles. The van der Waals surface area contributed by atoms with Crippen molar-refractivity contribution in [3.05, 3.63) is 29.3 Å². The number of likely N-dealkylation sites (N-methyl/N-ethyl adjacent to an activating group) is 1. The van der Waals surface area contributed by atoms with Crippen LogP contribution in [-0.4, -0.2) is 18.2 Å². The third-order valence-corrected chi connectivity index (χ3v) is 2.69. The van der Waals surface area contributed by atoms with Gasteiger partial charge in [0.25, 0.3) is 0 Å². The van der Waals surface area contributed by atoms with E-state index in [0.29, 0.717) is 0 Å². The molecule has 0 aliphatic carbocycles. The molecule has 0 aliphatic heterocycles. The van der Waals surface area contributed by atoms with Crippen LogP contribution in [-0.2, 0) is 6.18 Å². The quantitative estimate of drug-likeness (QED) is 0.716. The Morgan fingerprint density at radius 3 is 2.41 bits per heavy atom. The summed E-state index contributed by atoms with van der Waals surface area (Å²) in [7, 11) is 1.61. The van der Waals surface area contributed by atoms with E-state index in [1.165, 1.54) is 12.1 Å². The zero-order valence-electron chi connectivity index (χ0n) is 9.55. The van der Waals surface area contributed by atoms with Crippen molar-refractivity contribution in [1.29, 1.82) is 0 Å².